The topological polar surface area (TPSA) is 67.3 Å². The molecule has 1 amide bonds. The number of halogens is 1. The molecule has 0 atom stereocenters. The van der Waals surface area contributed by atoms with Crippen molar-refractivity contribution in [2.75, 3.05) is 13.1 Å². The van der Waals surface area contributed by atoms with Crippen LogP contribution in [0.3, 0.4) is 0 Å². The molecule has 1 aromatic heterocycles. The molecule has 5 nitrogen and oxygen atoms in total. The minimum absolute atomic E-state index is 0.0239. The Morgan fingerprint density at radius 3 is 2.37 bits per heavy atom. The second-order valence-corrected chi connectivity index (χ2v) is 10.2. The van der Waals surface area contributed by atoms with Gasteiger partial charge < -0.3 is 4.90 Å². The number of amides is 1. The van der Waals surface area contributed by atoms with Gasteiger partial charge in [-0.15, -0.1) is 0 Å². The first-order valence-corrected chi connectivity index (χ1v) is 11.9. The van der Waals surface area contributed by atoms with E-state index in [9.17, 15) is 13.2 Å². The Bertz CT molecular complexity index is 1220. The van der Waals surface area contributed by atoms with Crippen LogP contribution in [0.4, 0.5) is 0 Å². The second-order valence-electron chi connectivity index (χ2n) is 7.89. The standard InChI is InChI=1S/C23H23ClN2O3S/c1-15(2)16-5-8-18(9-6-16)30(28,29)22-19-13-17(24)7-10-21(19)25-14-20(22)23(27)26-11-3-4-12-26/h5-10,13-15H,3-4,11-12H2,1-2H3. The molecule has 7 heteroatoms. The van der Waals surface area contributed by atoms with Crippen LogP contribution in [0.25, 0.3) is 10.9 Å². The molecule has 156 valence electrons. The molecular weight excluding hydrogens is 420 g/mol. The average molecular weight is 443 g/mol. The maximum absolute atomic E-state index is 13.7. The molecule has 2 heterocycles. The van der Waals surface area contributed by atoms with E-state index in [4.69, 9.17) is 11.6 Å². The van der Waals surface area contributed by atoms with Gasteiger partial charge in [0.1, 0.15) is 0 Å². The van der Waals surface area contributed by atoms with E-state index >= 15 is 0 Å². The monoisotopic (exact) mass is 442 g/mol. The molecule has 0 N–H and O–H groups in total. The van der Waals surface area contributed by atoms with Crippen molar-refractivity contribution in [3.8, 4) is 0 Å². The fourth-order valence-electron chi connectivity index (χ4n) is 3.82. The average Bonchev–Trinajstić information content (AvgIpc) is 3.27. The van der Waals surface area contributed by atoms with Crippen molar-refractivity contribution in [1.82, 2.24) is 9.88 Å². The maximum Gasteiger partial charge on any atom is 0.256 e. The van der Waals surface area contributed by atoms with Gasteiger partial charge in [-0.2, -0.15) is 0 Å². The Kier molecular flexibility index (Phi) is 5.55. The van der Waals surface area contributed by atoms with E-state index in [2.05, 4.69) is 18.8 Å². The smallest absolute Gasteiger partial charge is 0.256 e. The van der Waals surface area contributed by atoms with Gasteiger partial charge in [0, 0.05) is 29.7 Å². The fraction of sp³-hybridized carbons (Fsp3) is 0.304. The lowest BCUT2D eigenvalue weighted by molar-refractivity contribution is 0.0789. The Hall–Kier alpha value is -2.44. The zero-order valence-electron chi connectivity index (χ0n) is 16.9. The highest BCUT2D eigenvalue weighted by atomic mass is 35.5. The minimum atomic E-state index is -3.98. The minimum Gasteiger partial charge on any atom is -0.339 e. The van der Waals surface area contributed by atoms with Crippen LogP contribution in [0.1, 0.15) is 48.5 Å². The molecule has 4 rings (SSSR count). The number of pyridine rings is 1. The summed E-state index contributed by atoms with van der Waals surface area (Å²) in [6, 6.07) is 11.7. The van der Waals surface area contributed by atoms with Gasteiger partial charge >= 0.3 is 0 Å². The highest BCUT2D eigenvalue weighted by Crippen LogP contribution is 2.33. The van der Waals surface area contributed by atoms with Gasteiger partial charge in [0.05, 0.1) is 20.9 Å². The van der Waals surface area contributed by atoms with Crippen molar-refractivity contribution in [3.05, 3.63) is 64.8 Å². The summed E-state index contributed by atoms with van der Waals surface area (Å²) in [6.07, 6.45) is 3.21. The van der Waals surface area contributed by atoms with Crippen molar-refractivity contribution >= 4 is 38.2 Å². The Morgan fingerprint density at radius 1 is 1.07 bits per heavy atom. The van der Waals surface area contributed by atoms with Crippen molar-refractivity contribution in [3.63, 3.8) is 0 Å². The van der Waals surface area contributed by atoms with Crippen LogP contribution in [0.15, 0.2) is 58.5 Å². The van der Waals surface area contributed by atoms with Gasteiger partial charge in [-0.05, 0) is 54.7 Å². The molecule has 0 aliphatic carbocycles. The van der Waals surface area contributed by atoms with Crippen LogP contribution in [-0.2, 0) is 9.84 Å². The lowest BCUT2D eigenvalue weighted by Crippen LogP contribution is -2.29. The Labute approximate surface area is 181 Å². The first-order chi connectivity index (χ1) is 14.3. The summed E-state index contributed by atoms with van der Waals surface area (Å²) in [6.45, 7) is 5.34. The van der Waals surface area contributed by atoms with Crippen molar-refractivity contribution in [2.24, 2.45) is 0 Å². The summed E-state index contributed by atoms with van der Waals surface area (Å²) in [4.78, 5) is 19.4. The number of benzene rings is 2. The molecule has 3 aromatic rings. The van der Waals surface area contributed by atoms with Crippen LogP contribution in [0.2, 0.25) is 5.02 Å². The Balaban J connectivity index is 1.95. The number of sulfone groups is 1. The summed E-state index contributed by atoms with van der Waals surface area (Å²) < 4.78 is 27.5. The number of carbonyl (C=O) groups is 1. The van der Waals surface area contributed by atoms with Crippen molar-refractivity contribution in [2.45, 2.75) is 42.4 Å². The molecule has 0 unspecified atom stereocenters. The van der Waals surface area contributed by atoms with E-state index in [-0.39, 0.29) is 27.2 Å². The Morgan fingerprint density at radius 2 is 1.73 bits per heavy atom. The van der Waals surface area contributed by atoms with Crippen LogP contribution in [0.5, 0.6) is 0 Å². The first-order valence-electron chi connectivity index (χ1n) is 10.0. The van der Waals surface area contributed by atoms with Gasteiger partial charge in [-0.25, -0.2) is 8.42 Å². The number of likely N-dealkylation sites (tertiary alicyclic amines) is 1. The third kappa shape index (κ3) is 3.70. The molecule has 2 aromatic carbocycles. The maximum atomic E-state index is 13.7. The highest BCUT2D eigenvalue weighted by molar-refractivity contribution is 7.91. The number of rotatable bonds is 4. The number of nitrogens with zero attached hydrogens (tertiary/aromatic N) is 2. The van der Waals surface area contributed by atoms with Crippen LogP contribution < -0.4 is 0 Å². The van der Waals surface area contributed by atoms with Gasteiger partial charge in [-0.3, -0.25) is 9.78 Å². The predicted octanol–water partition coefficient (Wildman–Crippen LogP) is 5.08. The van der Waals surface area contributed by atoms with E-state index in [1.54, 1.807) is 35.2 Å². The molecule has 0 bridgehead atoms. The molecule has 1 aliphatic heterocycles. The molecule has 1 fully saturated rings. The second kappa shape index (κ2) is 8.00. The van der Waals surface area contributed by atoms with Gasteiger partial charge in [0.2, 0.25) is 9.84 Å². The van der Waals surface area contributed by atoms with Crippen LogP contribution in [-0.4, -0.2) is 37.3 Å². The molecule has 1 aliphatic rings. The van der Waals surface area contributed by atoms with E-state index in [1.807, 2.05) is 12.1 Å². The SMILES string of the molecule is CC(C)c1ccc(S(=O)(=O)c2c(C(=O)N3CCCC3)cnc3ccc(Cl)cc23)cc1. The number of hydrogen-bond donors (Lipinski definition) is 0. The summed E-state index contributed by atoms with van der Waals surface area (Å²) >= 11 is 6.18. The van der Waals surface area contributed by atoms with Crippen molar-refractivity contribution < 1.29 is 13.2 Å². The predicted molar refractivity (Wildman–Crippen MR) is 118 cm³/mol. The zero-order chi connectivity index (χ0) is 21.5. The van der Waals surface area contributed by atoms with Crippen LogP contribution >= 0.6 is 11.6 Å². The molecule has 30 heavy (non-hydrogen) atoms. The summed E-state index contributed by atoms with van der Waals surface area (Å²) in [5.74, 6) is -0.0196. The van der Waals surface area contributed by atoms with Gasteiger partial charge in [0.25, 0.3) is 5.91 Å². The number of aromatic nitrogens is 1. The third-order valence-electron chi connectivity index (χ3n) is 5.53. The first kappa shape index (κ1) is 20.8. The molecule has 0 saturated carbocycles. The molecular formula is C23H23ClN2O3S. The number of hydrogen-bond acceptors (Lipinski definition) is 4. The zero-order valence-corrected chi connectivity index (χ0v) is 18.5. The van der Waals surface area contributed by atoms with E-state index in [1.165, 1.54) is 6.20 Å². The van der Waals surface area contributed by atoms with Crippen LogP contribution in [0, 0.1) is 0 Å². The largest absolute Gasteiger partial charge is 0.339 e. The normalized spacial score (nSPS) is 14.6. The van der Waals surface area contributed by atoms with E-state index in [0.717, 1.165) is 18.4 Å². The van der Waals surface area contributed by atoms with Gasteiger partial charge in [0.15, 0.2) is 0 Å². The van der Waals surface area contributed by atoms with Crippen molar-refractivity contribution in [1.29, 1.82) is 0 Å². The summed E-state index contributed by atoms with van der Waals surface area (Å²) in [5.41, 5.74) is 1.62. The quantitative estimate of drug-likeness (QED) is 0.565. The van der Waals surface area contributed by atoms with E-state index < -0.39 is 9.84 Å². The van der Waals surface area contributed by atoms with Gasteiger partial charge in [-0.1, -0.05) is 37.6 Å². The summed E-state index contributed by atoms with van der Waals surface area (Å²) in [5, 5.41) is 0.752. The fourth-order valence-corrected chi connectivity index (χ4v) is 5.61. The number of fused-ring (bicyclic) bond motifs is 1. The highest BCUT2D eigenvalue weighted by Gasteiger charge is 2.31. The lowest BCUT2D eigenvalue weighted by atomic mass is 10.0. The number of carbonyl (C=O) groups excluding carboxylic acids is 1. The summed E-state index contributed by atoms with van der Waals surface area (Å²) in [7, 11) is -3.98. The molecule has 0 spiro atoms. The lowest BCUT2D eigenvalue weighted by Gasteiger charge is -2.19. The molecule has 1 saturated heterocycles. The molecule has 0 radical (unpaired) electrons. The third-order valence-corrected chi connectivity index (χ3v) is 7.64. The van der Waals surface area contributed by atoms with E-state index in [0.29, 0.717) is 29.0 Å².